The fourth-order valence-corrected chi connectivity index (χ4v) is 2.50. The van der Waals surface area contributed by atoms with Crippen molar-refractivity contribution in [1.29, 1.82) is 0 Å². The summed E-state index contributed by atoms with van der Waals surface area (Å²) in [6.45, 7) is 8.27. The number of amidine groups is 1. The molecule has 6 nitrogen and oxygen atoms in total. The van der Waals surface area contributed by atoms with Gasteiger partial charge in [0, 0.05) is 18.3 Å². The van der Waals surface area contributed by atoms with Gasteiger partial charge in [0.05, 0.1) is 6.61 Å². The van der Waals surface area contributed by atoms with E-state index in [-0.39, 0.29) is 0 Å². The SMILES string of the molecule is CCN(CC)CCCOc1ccc(C2(N)N=C(N)C=CN2)cc1. The zero-order chi connectivity index (χ0) is 16.7. The highest BCUT2D eigenvalue weighted by Gasteiger charge is 2.27. The average molecular weight is 317 g/mol. The van der Waals surface area contributed by atoms with Gasteiger partial charge in [0.25, 0.3) is 0 Å². The van der Waals surface area contributed by atoms with Gasteiger partial charge in [-0.1, -0.05) is 13.8 Å². The van der Waals surface area contributed by atoms with Crippen LogP contribution in [0.25, 0.3) is 0 Å². The maximum atomic E-state index is 6.23. The molecule has 5 N–H and O–H groups in total. The molecule has 1 aliphatic heterocycles. The smallest absolute Gasteiger partial charge is 0.211 e. The number of benzene rings is 1. The van der Waals surface area contributed by atoms with Crippen LogP contribution in [0.2, 0.25) is 0 Å². The van der Waals surface area contributed by atoms with Crippen molar-refractivity contribution < 1.29 is 4.74 Å². The summed E-state index contributed by atoms with van der Waals surface area (Å²) >= 11 is 0. The molecule has 1 heterocycles. The van der Waals surface area contributed by atoms with Gasteiger partial charge >= 0.3 is 0 Å². The minimum atomic E-state index is -1.01. The van der Waals surface area contributed by atoms with Crippen LogP contribution in [0.15, 0.2) is 41.5 Å². The molecule has 0 saturated carbocycles. The molecular formula is C17H27N5O. The molecule has 0 amide bonds. The number of hydrogen-bond donors (Lipinski definition) is 3. The van der Waals surface area contributed by atoms with Crippen molar-refractivity contribution in [3.63, 3.8) is 0 Å². The monoisotopic (exact) mass is 317 g/mol. The summed E-state index contributed by atoms with van der Waals surface area (Å²) in [5.41, 5.74) is 12.8. The van der Waals surface area contributed by atoms with Crippen LogP contribution >= 0.6 is 0 Å². The Morgan fingerprint density at radius 1 is 1.22 bits per heavy atom. The Labute approximate surface area is 138 Å². The third kappa shape index (κ3) is 4.71. The van der Waals surface area contributed by atoms with Crippen molar-refractivity contribution in [2.24, 2.45) is 16.5 Å². The molecule has 0 saturated heterocycles. The summed E-state index contributed by atoms with van der Waals surface area (Å²) in [6.07, 6.45) is 4.40. The molecule has 0 bridgehead atoms. The number of rotatable bonds is 8. The van der Waals surface area contributed by atoms with Gasteiger partial charge in [-0.2, -0.15) is 0 Å². The fraction of sp³-hybridized carbons (Fsp3) is 0.471. The summed E-state index contributed by atoms with van der Waals surface area (Å²) in [5.74, 6) is 0.225. The lowest BCUT2D eigenvalue weighted by Crippen LogP contribution is -2.49. The van der Waals surface area contributed by atoms with Crippen molar-refractivity contribution in [2.75, 3.05) is 26.2 Å². The first kappa shape index (κ1) is 17.3. The normalized spacial score (nSPS) is 20.3. The van der Waals surface area contributed by atoms with Crippen LogP contribution in [0.4, 0.5) is 0 Å². The van der Waals surface area contributed by atoms with Gasteiger partial charge in [0.15, 0.2) is 0 Å². The first-order valence-corrected chi connectivity index (χ1v) is 8.11. The molecule has 0 radical (unpaired) electrons. The van der Waals surface area contributed by atoms with Crippen molar-refractivity contribution in [1.82, 2.24) is 10.2 Å². The van der Waals surface area contributed by atoms with E-state index < -0.39 is 5.79 Å². The summed E-state index contributed by atoms with van der Waals surface area (Å²) in [7, 11) is 0. The van der Waals surface area contributed by atoms with E-state index in [1.54, 1.807) is 12.3 Å². The van der Waals surface area contributed by atoms with Crippen LogP contribution < -0.4 is 21.5 Å². The van der Waals surface area contributed by atoms with E-state index in [1.165, 1.54) is 0 Å². The second-order valence-electron chi connectivity index (χ2n) is 5.53. The Kier molecular flexibility index (Phi) is 6.01. The summed E-state index contributed by atoms with van der Waals surface area (Å²) in [6, 6.07) is 7.63. The second-order valence-corrected chi connectivity index (χ2v) is 5.53. The van der Waals surface area contributed by atoms with Crippen LogP contribution in [-0.4, -0.2) is 37.0 Å². The zero-order valence-electron chi connectivity index (χ0n) is 14.0. The molecule has 0 aliphatic carbocycles. The highest BCUT2D eigenvalue weighted by atomic mass is 16.5. The third-order valence-electron chi connectivity index (χ3n) is 3.94. The quantitative estimate of drug-likeness (QED) is 0.630. The fourth-order valence-electron chi connectivity index (χ4n) is 2.50. The molecule has 0 spiro atoms. The minimum absolute atomic E-state index is 0.406. The highest BCUT2D eigenvalue weighted by Crippen LogP contribution is 2.22. The molecule has 23 heavy (non-hydrogen) atoms. The molecule has 1 aromatic rings. The van der Waals surface area contributed by atoms with E-state index in [0.717, 1.165) is 37.4 Å². The van der Waals surface area contributed by atoms with Crippen molar-refractivity contribution >= 4 is 5.84 Å². The first-order chi connectivity index (χ1) is 11.1. The molecule has 1 unspecified atom stereocenters. The van der Waals surface area contributed by atoms with Crippen LogP contribution in [0.5, 0.6) is 5.75 Å². The Morgan fingerprint density at radius 2 is 1.91 bits per heavy atom. The molecule has 0 fully saturated rings. The number of hydrogen-bond acceptors (Lipinski definition) is 6. The minimum Gasteiger partial charge on any atom is -0.494 e. The predicted octanol–water partition coefficient (Wildman–Crippen LogP) is 1.34. The number of nitrogens with one attached hydrogen (secondary N) is 1. The third-order valence-corrected chi connectivity index (χ3v) is 3.94. The second kappa shape index (κ2) is 7.99. The van der Waals surface area contributed by atoms with Crippen LogP contribution in [0.3, 0.4) is 0 Å². The lowest BCUT2D eigenvalue weighted by atomic mass is 10.1. The van der Waals surface area contributed by atoms with Crippen molar-refractivity contribution in [2.45, 2.75) is 26.1 Å². The number of nitrogens with two attached hydrogens (primary N) is 2. The summed E-state index contributed by atoms with van der Waals surface area (Å²) in [4.78, 5) is 6.64. The van der Waals surface area contributed by atoms with Gasteiger partial charge in [-0.3, -0.25) is 5.73 Å². The lowest BCUT2D eigenvalue weighted by Gasteiger charge is -2.28. The summed E-state index contributed by atoms with van der Waals surface area (Å²) in [5, 5.41) is 3.02. The van der Waals surface area contributed by atoms with E-state index in [9.17, 15) is 0 Å². The Bertz CT molecular complexity index is 551. The van der Waals surface area contributed by atoms with Gasteiger partial charge < -0.3 is 20.7 Å². The van der Waals surface area contributed by atoms with Crippen LogP contribution in [0, 0.1) is 0 Å². The Morgan fingerprint density at radius 3 is 2.52 bits per heavy atom. The zero-order valence-corrected chi connectivity index (χ0v) is 14.0. The molecule has 1 atom stereocenters. The Balaban J connectivity index is 1.87. The highest BCUT2D eigenvalue weighted by molar-refractivity contribution is 5.92. The average Bonchev–Trinajstić information content (AvgIpc) is 2.55. The molecule has 1 aromatic carbocycles. The van der Waals surface area contributed by atoms with E-state index in [2.05, 4.69) is 29.1 Å². The molecular weight excluding hydrogens is 290 g/mol. The summed E-state index contributed by atoms with van der Waals surface area (Å²) < 4.78 is 5.78. The molecule has 0 aromatic heterocycles. The van der Waals surface area contributed by atoms with Crippen molar-refractivity contribution in [3.8, 4) is 5.75 Å². The number of ether oxygens (including phenoxy) is 1. The van der Waals surface area contributed by atoms with Gasteiger partial charge in [-0.25, -0.2) is 4.99 Å². The molecule has 126 valence electrons. The molecule has 6 heteroatoms. The molecule has 1 aliphatic rings. The van der Waals surface area contributed by atoms with Crippen molar-refractivity contribution in [3.05, 3.63) is 42.1 Å². The molecule has 2 rings (SSSR count). The van der Waals surface area contributed by atoms with Crippen LogP contribution in [-0.2, 0) is 5.79 Å². The van der Waals surface area contributed by atoms with Gasteiger partial charge in [0.1, 0.15) is 11.6 Å². The van der Waals surface area contributed by atoms with Crippen LogP contribution in [0.1, 0.15) is 25.8 Å². The predicted molar refractivity (Wildman–Crippen MR) is 94.1 cm³/mol. The van der Waals surface area contributed by atoms with E-state index in [1.807, 2.05) is 24.3 Å². The standard InChI is InChI=1S/C17H27N5O/c1-3-22(4-2)12-5-13-23-15-8-6-14(7-9-15)17(19)20-11-10-16(18)21-17/h6-11,20H,3-5,12-13,19H2,1-2H3,(H2,18,21). The number of aliphatic imine (C=N–C) groups is 1. The maximum Gasteiger partial charge on any atom is 0.211 e. The lowest BCUT2D eigenvalue weighted by molar-refractivity contribution is 0.249. The Hall–Kier alpha value is -2.05. The van der Waals surface area contributed by atoms with Gasteiger partial charge in [-0.15, -0.1) is 0 Å². The van der Waals surface area contributed by atoms with Gasteiger partial charge in [0.2, 0.25) is 5.79 Å². The van der Waals surface area contributed by atoms with E-state index >= 15 is 0 Å². The van der Waals surface area contributed by atoms with Gasteiger partial charge in [-0.05, 0) is 49.9 Å². The first-order valence-electron chi connectivity index (χ1n) is 8.11. The largest absolute Gasteiger partial charge is 0.494 e. The maximum absolute atomic E-state index is 6.23. The van der Waals surface area contributed by atoms with E-state index in [4.69, 9.17) is 16.2 Å². The topological polar surface area (TPSA) is 88.9 Å². The van der Waals surface area contributed by atoms with E-state index in [0.29, 0.717) is 12.4 Å². The number of nitrogens with zero attached hydrogens (tertiary/aromatic N) is 2.